The largest absolute Gasteiger partial charge is 0.341 e. The summed E-state index contributed by atoms with van der Waals surface area (Å²) in [5.41, 5.74) is 1.01. The van der Waals surface area contributed by atoms with Gasteiger partial charge in [-0.05, 0) is 37.0 Å². The molecule has 1 N–H and O–H groups in total. The normalized spacial score (nSPS) is 22.3. The lowest BCUT2D eigenvalue weighted by molar-refractivity contribution is -0.143. The predicted molar refractivity (Wildman–Crippen MR) is 104 cm³/mol. The Labute approximate surface area is 165 Å². The summed E-state index contributed by atoms with van der Waals surface area (Å²) >= 11 is 0. The molecule has 0 saturated carbocycles. The van der Waals surface area contributed by atoms with E-state index in [0.29, 0.717) is 32.6 Å². The Morgan fingerprint density at radius 3 is 2.68 bits per heavy atom. The third-order valence-electron chi connectivity index (χ3n) is 5.68. The molecule has 1 atom stereocenters. The van der Waals surface area contributed by atoms with Gasteiger partial charge in [-0.25, -0.2) is 4.79 Å². The van der Waals surface area contributed by atoms with Crippen LogP contribution in [-0.4, -0.2) is 77.8 Å². The van der Waals surface area contributed by atoms with Crippen LogP contribution < -0.4 is 5.32 Å². The molecule has 152 valence electrons. The SMILES string of the molecule is CN(C)C(=O)NCC(=O)N1CCC[C@@]2(CCC(=O)N(Cc3ccncc3)C2)C1. The van der Waals surface area contributed by atoms with Crippen LogP contribution in [0.25, 0.3) is 0 Å². The van der Waals surface area contributed by atoms with Crippen LogP contribution in [0.5, 0.6) is 0 Å². The van der Waals surface area contributed by atoms with Gasteiger partial charge in [0.15, 0.2) is 0 Å². The molecule has 2 aliphatic rings. The van der Waals surface area contributed by atoms with Crippen molar-refractivity contribution in [1.82, 2.24) is 25.0 Å². The first-order valence-corrected chi connectivity index (χ1v) is 9.78. The molecule has 4 amide bonds. The predicted octanol–water partition coefficient (Wildman–Crippen LogP) is 1.08. The molecular formula is C20H29N5O3. The molecular weight excluding hydrogens is 358 g/mol. The zero-order valence-corrected chi connectivity index (χ0v) is 16.7. The number of rotatable bonds is 4. The number of urea groups is 1. The zero-order valence-electron chi connectivity index (χ0n) is 16.7. The molecule has 1 aromatic heterocycles. The number of hydrogen-bond donors (Lipinski definition) is 1. The number of pyridine rings is 1. The molecule has 2 aliphatic heterocycles. The molecule has 0 aliphatic carbocycles. The molecule has 8 heteroatoms. The van der Waals surface area contributed by atoms with Gasteiger partial charge in [0.25, 0.3) is 0 Å². The quantitative estimate of drug-likeness (QED) is 0.838. The van der Waals surface area contributed by atoms with Crippen LogP contribution in [0, 0.1) is 5.41 Å². The van der Waals surface area contributed by atoms with Gasteiger partial charge in [0, 0.05) is 64.5 Å². The van der Waals surface area contributed by atoms with Gasteiger partial charge in [-0.15, -0.1) is 0 Å². The monoisotopic (exact) mass is 387 g/mol. The molecule has 28 heavy (non-hydrogen) atoms. The van der Waals surface area contributed by atoms with Gasteiger partial charge in [-0.1, -0.05) is 0 Å². The lowest BCUT2D eigenvalue weighted by Gasteiger charge is -2.48. The number of carbonyl (C=O) groups is 3. The van der Waals surface area contributed by atoms with Crippen LogP contribution in [0.3, 0.4) is 0 Å². The van der Waals surface area contributed by atoms with Crippen molar-refractivity contribution in [2.24, 2.45) is 5.41 Å². The number of carbonyl (C=O) groups excluding carboxylic acids is 3. The molecule has 8 nitrogen and oxygen atoms in total. The fourth-order valence-corrected chi connectivity index (χ4v) is 4.13. The van der Waals surface area contributed by atoms with E-state index >= 15 is 0 Å². The highest BCUT2D eigenvalue weighted by molar-refractivity contribution is 5.84. The van der Waals surface area contributed by atoms with E-state index in [0.717, 1.165) is 24.8 Å². The summed E-state index contributed by atoms with van der Waals surface area (Å²) in [7, 11) is 3.29. The highest BCUT2D eigenvalue weighted by Gasteiger charge is 2.42. The molecule has 3 rings (SSSR count). The van der Waals surface area contributed by atoms with Gasteiger partial charge < -0.3 is 20.0 Å². The Morgan fingerprint density at radius 2 is 1.96 bits per heavy atom. The van der Waals surface area contributed by atoms with Crippen molar-refractivity contribution in [3.63, 3.8) is 0 Å². The fourth-order valence-electron chi connectivity index (χ4n) is 4.13. The number of likely N-dealkylation sites (tertiary alicyclic amines) is 2. The number of nitrogens with one attached hydrogen (secondary N) is 1. The van der Waals surface area contributed by atoms with Crippen molar-refractivity contribution in [1.29, 1.82) is 0 Å². The summed E-state index contributed by atoms with van der Waals surface area (Å²) < 4.78 is 0. The minimum atomic E-state index is -0.271. The molecule has 0 bridgehead atoms. The summed E-state index contributed by atoms with van der Waals surface area (Å²) in [4.78, 5) is 45.9. The average Bonchev–Trinajstić information content (AvgIpc) is 2.69. The second-order valence-corrected chi connectivity index (χ2v) is 8.08. The Balaban J connectivity index is 1.62. The van der Waals surface area contributed by atoms with Gasteiger partial charge in [-0.3, -0.25) is 14.6 Å². The molecule has 0 aromatic carbocycles. The van der Waals surface area contributed by atoms with Crippen LogP contribution in [0.4, 0.5) is 4.79 Å². The first-order valence-electron chi connectivity index (χ1n) is 9.78. The zero-order chi connectivity index (χ0) is 20.1. The second kappa shape index (κ2) is 8.58. The van der Waals surface area contributed by atoms with Crippen molar-refractivity contribution in [2.45, 2.75) is 32.2 Å². The maximum atomic E-state index is 12.6. The second-order valence-electron chi connectivity index (χ2n) is 8.08. The first kappa shape index (κ1) is 20.1. The molecule has 2 fully saturated rings. The fraction of sp³-hybridized carbons (Fsp3) is 0.600. The first-order chi connectivity index (χ1) is 13.4. The number of nitrogens with zero attached hydrogens (tertiary/aromatic N) is 4. The average molecular weight is 387 g/mol. The summed E-state index contributed by atoms with van der Waals surface area (Å²) in [6.45, 7) is 2.60. The summed E-state index contributed by atoms with van der Waals surface area (Å²) in [6.07, 6.45) is 6.74. The Bertz CT molecular complexity index is 724. The van der Waals surface area contributed by atoms with Gasteiger partial charge >= 0.3 is 6.03 Å². The maximum Gasteiger partial charge on any atom is 0.317 e. The molecule has 1 aromatic rings. The van der Waals surface area contributed by atoms with E-state index in [-0.39, 0.29) is 29.8 Å². The topological polar surface area (TPSA) is 85.8 Å². The molecule has 0 unspecified atom stereocenters. The number of piperidine rings is 2. The van der Waals surface area contributed by atoms with E-state index in [4.69, 9.17) is 0 Å². The minimum absolute atomic E-state index is 0.00670. The van der Waals surface area contributed by atoms with Gasteiger partial charge in [-0.2, -0.15) is 0 Å². The Hall–Kier alpha value is -2.64. The van der Waals surface area contributed by atoms with Gasteiger partial charge in [0.1, 0.15) is 0 Å². The molecule has 2 saturated heterocycles. The number of aromatic nitrogens is 1. The van der Waals surface area contributed by atoms with E-state index in [1.807, 2.05) is 21.9 Å². The molecule has 0 radical (unpaired) electrons. The Morgan fingerprint density at radius 1 is 1.21 bits per heavy atom. The van der Waals surface area contributed by atoms with Crippen molar-refractivity contribution in [3.05, 3.63) is 30.1 Å². The minimum Gasteiger partial charge on any atom is -0.341 e. The third-order valence-corrected chi connectivity index (χ3v) is 5.68. The maximum absolute atomic E-state index is 12.6. The van der Waals surface area contributed by atoms with Crippen LogP contribution in [-0.2, 0) is 16.1 Å². The lowest BCUT2D eigenvalue weighted by atomic mass is 9.73. The number of hydrogen-bond acceptors (Lipinski definition) is 4. The van der Waals surface area contributed by atoms with E-state index in [9.17, 15) is 14.4 Å². The van der Waals surface area contributed by atoms with Crippen molar-refractivity contribution in [3.8, 4) is 0 Å². The lowest BCUT2D eigenvalue weighted by Crippen LogP contribution is -2.56. The van der Waals surface area contributed by atoms with Crippen LogP contribution >= 0.6 is 0 Å². The van der Waals surface area contributed by atoms with Crippen LogP contribution in [0.15, 0.2) is 24.5 Å². The standard InChI is InChI=1S/C20H29N5O3/c1-23(2)19(28)22-12-18(27)24-11-3-7-20(14-24)8-4-17(26)25(15-20)13-16-5-9-21-10-6-16/h5-6,9-10H,3-4,7-8,11-15H2,1-2H3,(H,22,28)/t20-/m1/s1. The van der Waals surface area contributed by atoms with Gasteiger partial charge in [0.05, 0.1) is 6.54 Å². The summed E-state index contributed by atoms with van der Waals surface area (Å²) in [6, 6.07) is 3.59. The molecule has 1 spiro atoms. The van der Waals surface area contributed by atoms with E-state index in [1.165, 1.54) is 4.90 Å². The third kappa shape index (κ3) is 4.79. The van der Waals surface area contributed by atoms with Crippen molar-refractivity contribution >= 4 is 17.8 Å². The highest BCUT2D eigenvalue weighted by atomic mass is 16.2. The molecule has 3 heterocycles. The van der Waals surface area contributed by atoms with Crippen LogP contribution in [0.2, 0.25) is 0 Å². The van der Waals surface area contributed by atoms with E-state index < -0.39 is 0 Å². The smallest absolute Gasteiger partial charge is 0.317 e. The van der Waals surface area contributed by atoms with Crippen LogP contribution in [0.1, 0.15) is 31.2 Å². The Kier molecular flexibility index (Phi) is 6.16. The van der Waals surface area contributed by atoms with Crippen molar-refractivity contribution in [2.75, 3.05) is 40.3 Å². The number of amides is 4. The van der Waals surface area contributed by atoms with E-state index in [1.54, 1.807) is 26.5 Å². The van der Waals surface area contributed by atoms with E-state index in [2.05, 4.69) is 10.3 Å². The summed E-state index contributed by atoms with van der Waals surface area (Å²) in [5, 5.41) is 2.64. The highest BCUT2D eigenvalue weighted by Crippen LogP contribution is 2.39. The van der Waals surface area contributed by atoms with Gasteiger partial charge in [0.2, 0.25) is 11.8 Å². The van der Waals surface area contributed by atoms with Crippen molar-refractivity contribution < 1.29 is 14.4 Å². The summed E-state index contributed by atoms with van der Waals surface area (Å²) in [5.74, 6) is 0.107.